The van der Waals surface area contributed by atoms with Crippen LogP contribution in [0.5, 0.6) is 0 Å². The van der Waals surface area contributed by atoms with E-state index in [9.17, 15) is 4.79 Å². The quantitative estimate of drug-likeness (QED) is 0.849. The topological polar surface area (TPSA) is 38.1 Å². The van der Waals surface area contributed by atoms with Crippen LogP contribution in [0.2, 0.25) is 0 Å². The van der Waals surface area contributed by atoms with E-state index < -0.39 is 0 Å². The summed E-state index contributed by atoms with van der Waals surface area (Å²) in [5.74, 6) is 0.133. The lowest BCUT2D eigenvalue weighted by Gasteiger charge is -2.62. The number of nitrogens with zero attached hydrogens (tertiary/aromatic N) is 3. The van der Waals surface area contributed by atoms with Gasteiger partial charge in [0.2, 0.25) is 0 Å². The zero-order chi connectivity index (χ0) is 14.4. The Morgan fingerprint density at radius 2 is 2.19 bits per heavy atom. The Morgan fingerprint density at radius 1 is 1.33 bits per heavy atom. The third-order valence-electron chi connectivity index (χ3n) is 5.15. The molecule has 1 atom stereocenters. The fourth-order valence-corrected chi connectivity index (χ4v) is 3.89. The van der Waals surface area contributed by atoms with E-state index in [1.54, 1.807) is 6.20 Å². The van der Waals surface area contributed by atoms with Crippen molar-refractivity contribution in [1.82, 2.24) is 14.5 Å². The largest absolute Gasteiger partial charge is 0.347 e. The van der Waals surface area contributed by atoms with Crippen molar-refractivity contribution < 1.29 is 4.79 Å². The number of likely N-dealkylation sites (tertiary alicyclic amines) is 1. The zero-order valence-corrected chi connectivity index (χ0v) is 12.2. The van der Waals surface area contributed by atoms with Gasteiger partial charge in [-0.25, -0.2) is 0 Å². The van der Waals surface area contributed by atoms with Crippen LogP contribution in [-0.2, 0) is 7.05 Å². The summed E-state index contributed by atoms with van der Waals surface area (Å²) < 4.78 is 1.90. The fraction of sp³-hybridized carbons (Fsp3) is 0.412. The van der Waals surface area contributed by atoms with Crippen LogP contribution in [0.1, 0.15) is 41.4 Å². The zero-order valence-electron chi connectivity index (χ0n) is 12.2. The third-order valence-corrected chi connectivity index (χ3v) is 5.15. The smallest absolute Gasteiger partial charge is 0.271 e. The molecule has 0 bridgehead atoms. The molecule has 1 amide bonds. The van der Waals surface area contributed by atoms with Crippen LogP contribution in [0.4, 0.5) is 0 Å². The van der Waals surface area contributed by atoms with Gasteiger partial charge in [0.15, 0.2) is 0 Å². The first kappa shape index (κ1) is 12.6. The number of hydrogen-bond acceptors (Lipinski definition) is 2. The van der Waals surface area contributed by atoms with Gasteiger partial charge in [-0.05, 0) is 36.6 Å². The average Bonchev–Trinajstić information content (AvgIpc) is 2.83. The Morgan fingerprint density at radius 3 is 2.76 bits per heavy atom. The molecule has 1 aliphatic heterocycles. The van der Waals surface area contributed by atoms with Gasteiger partial charge in [0, 0.05) is 37.6 Å². The maximum atomic E-state index is 12.8. The third kappa shape index (κ3) is 1.75. The summed E-state index contributed by atoms with van der Waals surface area (Å²) in [5, 5.41) is 0. The lowest BCUT2D eigenvalue weighted by atomic mass is 9.56. The SMILES string of the molecule is Cn1cccc1C(=O)N1CC2(CCC2)C1c1cccnc1. The summed E-state index contributed by atoms with van der Waals surface area (Å²) in [6.45, 7) is 0.885. The molecule has 4 heteroatoms. The first-order valence-corrected chi connectivity index (χ1v) is 7.53. The van der Waals surface area contributed by atoms with Gasteiger partial charge in [0.05, 0.1) is 6.04 Å². The van der Waals surface area contributed by atoms with E-state index in [0.717, 1.165) is 12.2 Å². The predicted molar refractivity (Wildman–Crippen MR) is 79.7 cm³/mol. The van der Waals surface area contributed by atoms with Crippen molar-refractivity contribution in [3.63, 3.8) is 0 Å². The Labute approximate surface area is 124 Å². The van der Waals surface area contributed by atoms with Crippen LogP contribution >= 0.6 is 0 Å². The molecule has 1 saturated carbocycles. The summed E-state index contributed by atoms with van der Waals surface area (Å²) in [4.78, 5) is 19.1. The van der Waals surface area contributed by atoms with Crippen LogP contribution in [-0.4, -0.2) is 26.9 Å². The molecule has 2 aromatic heterocycles. The molecule has 1 saturated heterocycles. The van der Waals surface area contributed by atoms with E-state index in [0.29, 0.717) is 5.41 Å². The first-order chi connectivity index (χ1) is 10.2. The lowest BCUT2D eigenvalue weighted by Crippen LogP contribution is -2.63. The summed E-state index contributed by atoms with van der Waals surface area (Å²) in [5.41, 5.74) is 2.24. The van der Waals surface area contributed by atoms with Crippen LogP contribution in [0.3, 0.4) is 0 Å². The van der Waals surface area contributed by atoms with Crippen molar-refractivity contribution in [2.24, 2.45) is 12.5 Å². The molecule has 4 nitrogen and oxygen atoms in total. The van der Waals surface area contributed by atoms with Gasteiger partial charge >= 0.3 is 0 Å². The molecule has 0 N–H and O–H groups in total. The number of pyridine rings is 1. The van der Waals surface area contributed by atoms with Gasteiger partial charge in [-0.15, -0.1) is 0 Å². The van der Waals surface area contributed by atoms with Gasteiger partial charge in [-0.2, -0.15) is 0 Å². The second kappa shape index (κ2) is 4.45. The highest BCUT2D eigenvalue weighted by molar-refractivity contribution is 5.94. The monoisotopic (exact) mass is 281 g/mol. The van der Waals surface area contributed by atoms with Crippen LogP contribution < -0.4 is 0 Å². The summed E-state index contributed by atoms with van der Waals surface area (Å²) in [7, 11) is 1.92. The van der Waals surface area contributed by atoms with Gasteiger partial charge in [-0.1, -0.05) is 12.5 Å². The molecule has 108 valence electrons. The minimum atomic E-state index is 0.133. The lowest BCUT2D eigenvalue weighted by molar-refractivity contribution is -0.105. The van der Waals surface area contributed by atoms with Crippen molar-refractivity contribution in [1.29, 1.82) is 0 Å². The van der Waals surface area contributed by atoms with Gasteiger partial charge in [-0.3, -0.25) is 9.78 Å². The molecule has 21 heavy (non-hydrogen) atoms. The Balaban J connectivity index is 1.67. The van der Waals surface area contributed by atoms with Crippen LogP contribution in [0, 0.1) is 5.41 Å². The highest BCUT2D eigenvalue weighted by Gasteiger charge is 2.58. The van der Waals surface area contributed by atoms with Crippen molar-refractivity contribution >= 4 is 5.91 Å². The molecule has 2 fully saturated rings. The van der Waals surface area contributed by atoms with E-state index in [2.05, 4.69) is 11.1 Å². The van der Waals surface area contributed by atoms with E-state index in [4.69, 9.17) is 0 Å². The molecule has 0 aromatic carbocycles. The number of amides is 1. The maximum absolute atomic E-state index is 12.8. The summed E-state index contributed by atoms with van der Waals surface area (Å²) >= 11 is 0. The summed E-state index contributed by atoms with van der Waals surface area (Å²) in [6.07, 6.45) is 9.36. The van der Waals surface area contributed by atoms with E-state index in [1.165, 1.54) is 24.8 Å². The number of carbonyl (C=O) groups excluding carboxylic acids is 1. The number of hydrogen-bond donors (Lipinski definition) is 0. The minimum absolute atomic E-state index is 0.133. The summed E-state index contributed by atoms with van der Waals surface area (Å²) in [6, 6.07) is 8.08. The predicted octanol–water partition coefficient (Wildman–Crippen LogP) is 2.79. The molecule has 2 aromatic rings. The Hall–Kier alpha value is -2.10. The number of aryl methyl sites for hydroxylation is 1. The second-order valence-corrected chi connectivity index (χ2v) is 6.34. The molecular weight excluding hydrogens is 262 g/mol. The minimum Gasteiger partial charge on any atom is -0.347 e. The molecule has 1 unspecified atom stereocenters. The van der Waals surface area contributed by atoms with Crippen molar-refractivity contribution in [3.8, 4) is 0 Å². The molecule has 3 heterocycles. The molecule has 2 aliphatic rings. The van der Waals surface area contributed by atoms with E-state index in [1.807, 2.05) is 47.1 Å². The van der Waals surface area contributed by atoms with Crippen molar-refractivity contribution in [2.45, 2.75) is 25.3 Å². The number of rotatable bonds is 2. The fourth-order valence-electron chi connectivity index (χ4n) is 3.89. The molecule has 1 spiro atoms. The highest BCUT2D eigenvalue weighted by atomic mass is 16.2. The number of aromatic nitrogens is 2. The van der Waals surface area contributed by atoms with Gasteiger partial charge in [0.25, 0.3) is 5.91 Å². The van der Waals surface area contributed by atoms with Crippen LogP contribution in [0.25, 0.3) is 0 Å². The molecule has 0 radical (unpaired) electrons. The maximum Gasteiger partial charge on any atom is 0.271 e. The molecule has 4 rings (SSSR count). The standard InChI is InChI=1S/C17H19N3O/c1-19-10-3-6-14(19)16(21)20-12-17(7-4-8-17)15(20)13-5-2-9-18-11-13/h2-3,5-6,9-11,15H,4,7-8,12H2,1H3. The van der Waals surface area contributed by atoms with Crippen LogP contribution in [0.15, 0.2) is 42.9 Å². The second-order valence-electron chi connectivity index (χ2n) is 6.34. The van der Waals surface area contributed by atoms with Crippen molar-refractivity contribution in [2.75, 3.05) is 6.54 Å². The average molecular weight is 281 g/mol. The highest BCUT2D eigenvalue weighted by Crippen LogP contribution is 2.60. The normalized spacial score (nSPS) is 22.7. The first-order valence-electron chi connectivity index (χ1n) is 7.53. The van der Waals surface area contributed by atoms with Gasteiger partial charge < -0.3 is 9.47 Å². The van der Waals surface area contributed by atoms with Gasteiger partial charge in [0.1, 0.15) is 5.69 Å². The Bertz CT molecular complexity index is 672. The van der Waals surface area contributed by atoms with E-state index >= 15 is 0 Å². The molecular formula is C17H19N3O. The number of carbonyl (C=O) groups is 1. The van der Waals surface area contributed by atoms with Crippen molar-refractivity contribution in [3.05, 3.63) is 54.1 Å². The Kier molecular flexibility index (Phi) is 2.67. The molecule has 1 aliphatic carbocycles. The van der Waals surface area contributed by atoms with E-state index in [-0.39, 0.29) is 11.9 Å².